The van der Waals surface area contributed by atoms with E-state index in [0.717, 1.165) is 13.0 Å². The molecule has 0 radical (unpaired) electrons. The van der Waals surface area contributed by atoms with Crippen LogP contribution in [-0.4, -0.2) is 56.0 Å². The maximum absolute atomic E-state index is 11.2. The fourth-order valence-electron chi connectivity index (χ4n) is 2.35. The van der Waals surface area contributed by atoms with E-state index in [1.54, 1.807) is 7.05 Å². The van der Waals surface area contributed by atoms with Gasteiger partial charge in [-0.2, -0.15) is 0 Å². The average molecular weight is 316 g/mol. The first-order valence-electron chi connectivity index (χ1n) is 8.75. The highest BCUT2D eigenvalue weighted by Crippen LogP contribution is 2.08. The van der Waals surface area contributed by atoms with E-state index < -0.39 is 0 Å². The van der Waals surface area contributed by atoms with Crippen molar-refractivity contribution in [2.75, 3.05) is 34.0 Å². The number of aliphatic hydroxyl groups excluding tert-OH is 1. The Labute approximate surface area is 136 Å². The molecule has 0 aliphatic rings. The first-order chi connectivity index (χ1) is 10.7. The summed E-state index contributed by atoms with van der Waals surface area (Å²) in [6.45, 7) is 3.56. The van der Waals surface area contributed by atoms with Crippen molar-refractivity contribution in [3.05, 3.63) is 0 Å². The van der Waals surface area contributed by atoms with Crippen molar-refractivity contribution in [3.8, 4) is 0 Å². The second-order valence-electron chi connectivity index (χ2n) is 5.96. The van der Waals surface area contributed by atoms with Crippen molar-refractivity contribution in [2.24, 2.45) is 0 Å². The lowest BCUT2D eigenvalue weighted by Gasteiger charge is -2.26. The summed E-state index contributed by atoms with van der Waals surface area (Å²) in [6, 6.07) is -0.0219. The van der Waals surface area contributed by atoms with Gasteiger partial charge in [-0.1, -0.05) is 45.4 Å². The lowest BCUT2D eigenvalue weighted by molar-refractivity contribution is -0.121. The number of carbonyl (C=O) groups is 1. The van der Waals surface area contributed by atoms with Gasteiger partial charge in [-0.05, 0) is 19.9 Å². The number of carbonyl (C=O) groups excluding carboxylic acids is 1. The average Bonchev–Trinajstić information content (AvgIpc) is 2.53. The van der Waals surface area contributed by atoms with Gasteiger partial charge in [0.15, 0.2) is 0 Å². The maximum Gasteiger partial charge on any atom is 0.219 e. The molecular formula is C17H36N2O3. The predicted octanol–water partition coefficient (Wildman–Crippen LogP) is 2.53. The van der Waals surface area contributed by atoms with Crippen LogP contribution in [-0.2, 0) is 9.53 Å². The molecule has 1 unspecified atom stereocenters. The molecule has 0 spiro atoms. The van der Waals surface area contributed by atoms with Crippen LogP contribution in [0.25, 0.3) is 0 Å². The van der Waals surface area contributed by atoms with E-state index >= 15 is 0 Å². The third-order valence-corrected chi connectivity index (χ3v) is 4.00. The lowest BCUT2D eigenvalue weighted by atomic mass is 10.1. The number of nitrogens with zero attached hydrogens (tertiary/aromatic N) is 1. The molecule has 0 bridgehead atoms. The Morgan fingerprint density at radius 2 is 1.82 bits per heavy atom. The number of hydrogen-bond acceptors (Lipinski definition) is 4. The molecule has 1 amide bonds. The highest BCUT2D eigenvalue weighted by Gasteiger charge is 2.14. The van der Waals surface area contributed by atoms with Crippen molar-refractivity contribution in [1.82, 2.24) is 10.2 Å². The second-order valence-corrected chi connectivity index (χ2v) is 5.96. The van der Waals surface area contributed by atoms with Crippen LogP contribution in [0.2, 0.25) is 0 Å². The van der Waals surface area contributed by atoms with Gasteiger partial charge in [-0.3, -0.25) is 9.69 Å². The summed E-state index contributed by atoms with van der Waals surface area (Å²) < 4.78 is 5.65. The van der Waals surface area contributed by atoms with E-state index in [1.807, 2.05) is 11.9 Å². The third-order valence-electron chi connectivity index (χ3n) is 4.00. The molecular weight excluding hydrogens is 280 g/mol. The highest BCUT2D eigenvalue weighted by molar-refractivity contribution is 5.75. The zero-order valence-electron chi connectivity index (χ0n) is 14.8. The fraction of sp³-hybridized carbons (Fsp3) is 0.941. The van der Waals surface area contributed by atoms with Gasteiger partial charge in [0.2, 0.25) is 5.91 Å². The molecule has 0 aliphatic heterocycles. The number of likely N-dealkylation sites (N-methyl/N-ethyl adjacent to an activating group) is 1. The standard InChI is InChI=1S/C17H36N2O3/c1-4-5-6-7-8-9-10-13-22-15-19(3)16(14-20)11-12-17(21)18-2/h16,20H,4-15H2,1-3H3,(H,18,21). The molecule has 5 heteroatoms. The van der Waals surface area contributed by atoms with Gasteiger partial charge >= 0.3 is 0 Å². The van der Waals surface area contributed by atoms with Crippen molar-refractivity contribution >= 4 is 5.91 Å². The number of rotatable bonds is 15. The van der Waals surface area contributed by atoms with Gasteiger partial charge in [-0.25, -0.2) is 0 Å². The topological polar surface area (TPSA) is 61.8 Å². The lowest BCUT2D eigenvalue weighted by Crippen LogP contribution is -2.37. The molecule has 0 rings (SSSR count). The zero-order chi connectivity index (χ0) is 16.6. The van der Waals surface area contributed by atoms with Crippen LogP contribution in [0, 0.1) is 0 Å². The molecule has 2 N–H and O–H groups in total. The fourth-order valence-corrected chi connectivity index (χ4v) is 2.35. The molecule has 0 aromatic heterocycles. The summed E-state index contributed by atoms with van der Waals surface area (Å²) in [7, 11) is 3.56. The summed E-state index contributed by atoms with van der Waals surface area (Å²) in [5, 5.41) is 12.0. The first kappa shape index (κ1) is 21.4. The second kappa shape index (κ2) is 15.3. The number of aliphatic hydroxyl groups is 1. The maximum atomic E-state index is 11.2. The largest absolute Gasteiger partial charge is 0.395 e. The zero-order valence-corrected chi connectivity index (χ0v) is 14.8. The van der Waals surface area contributed by atoms with Crippen molar-refractivity contribution in [3.63, 3.8) is 0 Å². The SMILES string of the molecule is CCCCCCCCCOCN(C)C(CO)CCC(=O)NC. The Morgan fingerprint density at radius 1 is 1.18 bits per heavy atom. The molecule has 1 atom stereocenters. The molecule has 0 fully saturated rings. The van der Waals surface area contributed by atoms with Gasteiger partial charge < -0.3 is 15.2 Å². The molecule has 0 saturated heterocycles. The first-order valence-corrected chi connectivity index (χ1v) is 8.75. The minimum absolute atomic E-state index is 0.0100. The molecule has 0 aliphatic carbocycles. The minimum atomic E-state index is -0.0219. The molecule has 5 nitrogen and oxygen atoms in total. The number of ether oxygens (including phenoxy) is 1. The predicted molar refractivity (Wildman–Crippen MR) is 90.7 cm³/mol. The van der Waals surface area contributed by atoms with E-state index in [4.69, 9.17) is 4.74 Å². The van der Waals surface area contributed by atoms with Gasteiger partial charge in [-0.15, -0.1) is 0 Å². The number of amides is 1. The number of nitrogens with one attached hydrogen (secondary N) is 1. The summed E-state index contributed by atoms with van der Waals surface area (Å²) in [5.41, 5.74) is 0. The van der Waals surface area contributed by atoms with Crippen LogP contribution in [0.1, 0.15) is 64.7 Å². The van der Waals surface area contributed by atoms with Crippen LogP contribution in [0.5, 0.6) is 0 Å². The van der Waals surface area contributed by atoms with E-state index in [9.17, 15) is 9.90 Å². The Balaban J connectivity index is 3.56. The minimum Gasteiger partial charge on any atom is -0.395 e. The molecule has 0 aromatic rings. The monoisotopic (exact) mass is 316 g/mol. The summed E-state index contributed by atoms with van der Waals surface area (Å²) >= 11 is 0. The van der Waals surface area contributed by atoms with Crippen LogP contribution < -0.4 is 5.32 Å². The Bertz CT molecular complexity index is 262. The van der Waals surface area contributed by atoms with Crippen LogP contribution in [0.4, 0.5) is 0 Å². The van der Waals surface area contributed by atoms with Gasteiger partial charge in [0.05, 0.1) is 13.3 Å². The molecule has 0 saturated carbocycles. The molecule has 0 aromatic carbocycles. The summed E-state index contributed by atoms with van der Waals surface area (Å²) in [5.74, 6) is 0.0100. The van der Waals surface area contributed by atoms with Gasteiger partial charge in [0, 0.05) is 26.1 Å². The van der Waals surface area contributed by atoms with E-state index in [-0.39, 0.29) is 18.6 Å². The normalized spacial score (nSPS) is 12.6. The highest BCUT2D eigenvalue weighted by atomic mass is 16.5. The quantitative estimate of drug-likeness (QED) is 0.360. The molecule has 0 heterocycles. The van der Waals surface area contributed by atoms with Crippen molar-refractivity contribution in [2.45, 2.75) is 70.8 Å². The molecule has 22 heavy (non-hydrogen) atoms. The number of hydrogen-bond donors (Lipinski definition) is 2. The Kier molecular flexibility index (Phi) is 14.8. The smallest absolute Gasteiger partial charge is 0.219 e. The third kappa shape index (κ3) is 12.0. The van der Waals surface area contributed by atoms with E-state index in [2.05, 4.69) is 12.2 Å². The van der Waals surface area contributed by atoms with Crippen molar-refractivity contribution in [1.29, 1.82) is 0 Å². The Morgan fingerprint density at radius 3 is 2.41 bits per heavy atom. The van der Waals surface area contributed by atoms with Gasteiger partial charge in [0.1, 0.15) is 0 Å². The molecule has 132 valence electrons. The Hall–Kier alpha value is -0.650. The van der Waals surface area contributed by atoms with E-state index in [0.29, 0.717) is 19.6 Å². The van der Waals surface area contributed by atoms with E-state index in [1.165, 1.54) is 38.5 Å². The summed E-state index contributed by atoms with van der Waals surface area (Å²) in [6.07, 6.45) is 10.0. The van der Waals surface area contributed by atoms with Crippen molar-refractivity contribution < 1.29 is 14.6 Å². The van der Waals surface area contributed by atoms with Gasteiger partial charge in [0.25, 0.3) is 0 Å². The summed E-state index contributed by atoms with van der Waals surface area (Å²) in [4.78, 5) is 13.2. The van der Waals surface area contributed by atoms with Crippen LogP contribution in [0.15, 0.2) is 0 Å². The number of unbranched alkanes of at least 4 members (excludes halogenated alkanes) is 6. The van der Waals surface area contributed by atoms with Crippen LogP contribution in [0.3, 0.4) is 0 Å². The van der Waals surface area contributed by atoms with Crippen LogP contribution >= 0.6 is 0 Å².